The van der Waals surface area contributed by atoms with Gasteiger partial charge >= 0.3 is 0 Å². The fourth-order valence-corrected chi connectivity index (χ4v) is 10.7. The molecule has 0 aromatic carbocycles. The quantitative estimate of drug-likeness (QED) is 0.0691. The van der Waals surface area contributed by atoms with E-state index >= 15 is 0 Å². The highest BCUT2D eigenvalue weighted by Gasteiger charge is 2.39. The van der Waals surface area contributed by atoms with Crippen molar-refractivity contribution in [2.75, 3.05) is 7.05 Å². The van der Waals surface area contributed by atoms with Crippen LogP contribution in [0, 0.1) is 13.8 Å². The summed E-state index contributed by atoms with van der Waals surface area (Å²) < 4.78 is 0. The number of fused-ring (bicyclic) bond motifs is 1. The van der Waals surface area contributed by atoms with Gasteiger partial charge in [-0.3, -0.25) is 14.5 Å². The van der Waals surface area contributed by atoms with Crippen LogP contribution in [0.25, 0.3) is 19.5 Å². The van der Waals surface area contributed by atoms with E-state index in [1.54, 1.807) is 18.4 Å². The number of nitrogens with zero attached hydrogens (tertiary/aromatic N) is 1. The molecule has 3 aromatic heterocycles. The van der Waals surface area contributed by atoms with Crippen molar-refractivity contribution >= 4 is 45.8 Å². The van der Waals surface area contributed by atoms with Crippen LogP contribution < -0.4 is 0 Å². The van der Waals surface area contributed by atoms with Crippen LogP contribution in [-0.2, 0) is 12.8 Å². The van der Waals surface area contributed by atoms with Gasteiger partial charge in [-0.05, 0) is 62.8 Å². The van der Waals surface area contributed by atoms with E-state index < -0.39 is 0 Å². The highest BCUT2D eigenvalue weighted by Crippen LogP contribution is 2.48. The summed E-state index contributed by atoms with van der Waals surface area (Å²) in [6.07, 6.45) is 29.2. The molecule has 0 saturated heterocycles. The van der Waals surface area contributed by atoms with Crippen molar-refractivity contribution in [3.63, 3.8) is 0 Å². The van der Waals surface area contributed by atoms with Gasteiger partial charge in [-0.2, -0.15) is 0 Å². The first kappa shape index (κ1) is 38.0. The summed E-state index contributed by atoms with van der Waals surface area (Å²) in [6.45, 7) is 8.85. The van der Waals surface area contributed by atoms with E-state index in [1.165, 1.54) is 170 Å². The maximum Gasteiger partial charge on any atom is 0.262 e. The van der Waals surface area contributed by atoms with Crippen LogP contribution in [0.15, 0.2) is 12.1 Å². The molecule has 4 heterocycles. The number of rotatable bonds is 24. The van der Waals surface area contributed by atoms with Crippen molar-refractivity contribution in [3.05, 3.63) is 44.1 Å². The highest BCUT2D eigenvalue weighted by molar-refractivity contribution is 7.27. The van der Waals surface area contributed by atoms with Crippen LogP contribution >= 0.6 is 34.0 Å². The Kier molecular flexibility index (Phi) is 16.2. The minimum absolute atomic E-state index is 0.144. The van der Waals surface area contributed by atoms with Crippen LogP contribution in [0.3, 0.4) is 0 Å². The number of amides is 2. The average Bonchev–Trinajstić information content (AvgIpc) is 3.80. The number of hydrogen-bond acceptors (Lipinski definition) is 5. The van der Waals surface area contributed by atoms with Gasteiger partial charge in [-0.25, -0.2) is 0 Å². The third-order valence-electron chi connectivity index (χ3n) is 10.00. The molecule has 1 aliphatic rings. The third kappa shape index (κ3) is 10.6. The second kappa shape index (κ2) is 20.0. The fraction of sp³-hybridized carbons (Fsp3) is 0.659. The number of carbonyl (C=O) groups is 2. The molecule has 3 nitrogen and oxygen atoms in total. The fourth-order valence-electron chi connectivity index (χ4n) is 7.02. The Hall–Kier alpha value is -1.76. The number of imide groups is 1. The zero-order valence-electron chi connectivity index (χ0n) is 30.2. The smallest absolute Gasteiger partial charge is 0.262 e. The molecule has 3 aromatic rings. The summed E-state index contributed by atoms with van der Waals surface area (Å²) in [4.78, 5) is 34.8. The highest BCUT2D eigenvalue weighted by atomic mass is 32.1. The van der Waals surface area contributed by atoms with Gasteiger partial charge in [0.05, 0.1) is 16.0 Å². The summed E-state index contributed by atoms with van der Waals surface area (Å²) in [5.74, 6) is -0.293. The summed E-state index contributed by atoms with van der Waals surface area (Å²) in [5, 5.41) is 0. The standard InChI is InChI=1S/C41H61NO2S3/c1-6-8-10-12-14-16-18-20-22-24-26-32-28-34(45-30(32)3)35-29-33(27-25-23-21-19-17-15-13-11-9-7-2)38(47-35)39-37-36(31(4)46-39)40(43)42(5)41(37)44/h28-29H,6-27H2,1-5H3. The van der Waals surface area contributed by atoms with E-state index in [0.717, 1.165) is 16.2 Å². The van der Waals surface area contributed by atoms with Crippen molar-refractivity contribution in [3.8, 4) is 19.5 Å². The molecule has 0 saturated carbocycles. The molecular formula is C41H61NO2S3. The lowest BCUT2D eigenvalue weighted by Gasteiger charge is -2.07. The third-order valence-corrected chi connectivity index (χ3v) is 13.7. The normalized spacial score (nSPS) is 13.0. The lowest BCUT2D eigenvalue weighted by Crippen LogP contribution is -2.24. The zero-order valence-corrected chi connectivity index (χ0v) is 32.6. The zero-order chi connectivity index (χ0) is 33.6. The van der Waals surface area contributed by atoms with E-state index in [0.29, 0.717) is 11.1 Å². The van der Waals surface area contributed by atoms with Crippen molar-refractivity contribution in [1.82, 2.24) is 4.90 Å². The van der Waals surface area contributed by atoms with Gasteiger partial charge in [-0.15, -0.1) is 34.0 Å². The van der Waals surface area contributed by atoms with E-state index in [-0.39, 0.29) is 11.8 Å². The largest absolute Gasteiger partial charge is 0.277 e. The van der Waals surface area contributed by atoms with Crippen molar-refractivity contribution < 1.29 is 9.59 Å². The molecule has 6 heteroatoms. The van der Waals surface area contributed by atoms with Gasteiger partial charge in [0.15, 0.2) is 0 Å². The molecule has 260 valence electrons. The second-order valence-corrected chi connectivity index (χ2v) is 17.5. The summed E-state index contributed by atoms with van der Waals surface area (Å²) in [6, 6.07) is 4.86. The Morgan fingerprint density at radius 1 is 0.489 bits per heavy atom. The molecule has 0 atom stereocenters. The number of thiophene rings is 3. The minimum Gasteiger partial charge on any atom is -0.277 e. The molecule has 2 amide bonds. The Bertz CT molecular complexity index is 1410. The topological polar surface area (TPSA) is 37.4 Å². The van der Waals surface area contributed by atoms with Crippen LogP contribution in [0.2, 0.25) is 0 Å². The molecule has 0 aliphatic carbocycles. The van der Waals surface area contributed by atoms with Crippen LogP contribution in [0.4, 0.5) is 0 Å². The average molecular weight is 696 g/mol. The molecule has 4 rings (SSSR count). The van der Waals surface area contributed by atoms with Gasteiger partial charge in [0, 0.05) is 31.4 Å². The molecule has 0 N–H and O–H groups in total. The van der Waals surface area contributed by atoms with Gasteiger partial charge in [0.25, 0.3) is 11.8 Å². The van der Waals surface area contributed by atoms with Gasteiger partial charge in [-0.1, -0.05) is 129 Å². The van der Waals surface area contributed by atoms with Crippen molar-refractivity contribution in [2.45, 2.75) is 169 Å². The molecule has 0 radical (unpaired) electrons. The van der Waals surface area contributed by atoms with Gasteiger partial charge in [0.2, 0.25) is 0 Å². The SMILES string of the molecule is CCCCCCCCCCCCc1cc(-c2cc(CCCCCCCCCCCC)c(-c3sc(C)c4c3C(=O)N(C)C4=O)s2)sc1C. The lowest BCUT2D eigenvalue weighted by molar-refractivity contribution is 0.0693. The monoisotopic (exact) mass is 695 g/mol. The van der Waals surface area contributed by atoms with Crippen LogP contribution in [0.5, 0.6) is 0 Å². The van der Waals surface area contributed by atoms with E-state index in [4.69, 9.17) is 0 Å². The predicted octanol–water partition coefficient (Wildman–Crippen LogP) is 14.0. The van der Waals surface area contributed by atoms with Crippen LogP contribution in [-0.4, -0.2) is 23.8 Å². The first-order chi connectivity index (χ1) is 22.9. The lowest BCUT2D eigenvalue weighted by atomic mass is 10.0. The summed E-state index contributed by atoms with van der Waals surface area (Å²) >= 11 is 5.40. The van der Waals surface area contributed by atoms with E-state index in [1.807, 2.05) is 29.6 Å². The number of unbranched alkanes of at least 4 members (excludes halogenated alkanes) is 18. The van der Waals surface area contributed by atoms with Crippen molar-refractivity contribution in [1.29, 1.82) is 0 Å². The maximum atomic E-state index is 13.2. The van der Waals surface area contributed by atoms with Gasteiger partial charge < -0.3 is 0 Å². The maximum absolute atomic E-state index is 13.2. The molecule has 0 bridgehead atoms. The summed E-state index contributed by atoms with van der Waals surface area (Å²) in [5.41, 5.74) is 4.13. The number of aryl methyl sites for hydroxylation is 4. The number of hydrogen-bond donors (Lipinski definition) is 0. The molecule has 47 heavy (non-hydrogen) atoms. The molecule has 1 aliphatic heterocycles. The molecule has 0 unspecified atom stereocenters. The van der Waals surface area contributed by atoms with Gasteiger partial charge in [0.1, 0.15) is 0 Å². The second-order valence-electron chi connectivity index (χ2n) is 13.9. The Morgan fingerprint density at radius 3 is 1.45 bits per heavy atom. The summed E-state index contributed by atoms with van der Waals surface area (Å²) in [7, 11) is 1.62. The van der Waals surface area contributed by atoms with Crippen molar-refractivity contribution in [2.24, 2.45) is 0 Å². The first-order valence-corrected chi connectivity index (χ1v) is 21.5. The Labute approximate surface area is 298 Å². The minimum atomic E-state index is -0.150. The molecule has 0 fully saturated rings. The van der Waals surface area contributed by atoms with E-state index in [2.05, 4.69) is 32.9 Å². The Morgan fingerprint density at radius 2 is 0.915 bits per heavy atom. The first-order valence-electron chi connectivity index (χ1n) is 19.1. The Balaban J connectivity index is 1.40. The van der Waals surface area contributed by atoms with E-state index in [9.17, 15) is 9.59 Å². The molecule has 0 spiro atoms. The predicted molar refractivity (Wildman–Crippen MR) is 208 cm³/mol. The molecular weight excluding hydrogens is 635 g/mol. The number of carbonyl (C=O) groups excluding carboxylic acids is 2. The van der Waals surface area contributed by atoms with Crippen LogP contribution in [0.1, 0.15) is 184 Å².